The molecule has 2 aromatic heterocycles. The van der Waals surface area contributed by atoms with Crippen LogP contribution in [0.1, 0.15) is 10.6 Å². The number of sulfonamides is 1. The molecule has 0 aliphatic rings. The van der Waals surface area contributed by atoms with E-state index in [0.717, 1.165) is 11.3 Å². The number of nitrogens with two attached hydrogens (primary N) is 1. The molecule has 0 bridgehead atoms. The number of hydrogen-bond donors (Lipinski definition) is 3. The Kier molecular flexibility index (Phi) is 4.66. The summed E-state index contributed by atoms with van der Waals surface area (Å²) in [7, 11) is -3.74. The topological polar surface area (TPSA) is 135 Å². The summed E-state index contributed by atoms with van der Waals surface area (Å²) < 4.78 is 22.5. The summed E-state index contributed by atoms with van der Waals surface area (Å²) in [6, 6.07) is 9.90. The lowest BCUT2D eigenvalue weighted by molar-refractivity contribution is -0.120. The number of nitrogens with zero attached hydrogens (tertiary/aromatic N) is 1. The van der Waals surface area contributed by atoms with E-state index in [-0.39, 0.29) is 28.6 Å². The van der Waals surface area contributed by atoms with Crippen LogP contribution in [0.5, 0.6) is 0 Å². The number of amides is 1. The Morgan fingerprint density at radius 1 is 1.20 bits per heavy atom. The van der Waals surface area contributed by atoms with E-state index in [9.17, 15) is 18.0 Å². The van der Waals surface area contributed by atoms with Crippen molar-refractivity contribution in [1.29, 1.82) is 0 Å². The van der Waals surface area contributed by atoms with Crippen LogP contribution in [0.4, 0.5) is 0 Å². The molecular weight excluding hydrogens is 364 g/mol. The van der Waals surface area contributed by atoms with Crippen LogP contribution in [-0.2, 0) is 27.8 Å². The molecule has 130 valence electrons. The Bertz CT molecular complexity index is 1100. The highest BCUT2D eigenvalue weighted by Crippen LogP contribution is 2.20. The van der Waals surface area contributed by atoms with Gasteiger partial charge in [0, 0.05) is 10.3 Å². The average Bonchev–Trinajstić information content (AvgIpc) is 3.05. The van der Waals surface area contributed by atoms with Crippen LogP contribution in [-0.4, -0.2) is 24.5 Å². The number of hydrogen-bond acceptors (Lipinski definition) is 6. The normalized spacial score (nSPS) is 11.6. The first-order chi connectivity index (χ1) is 11.8. The van der Waals surface area contributed by atoms with E-state index >= 15 is 0 Å². The highest BCUT2D eigenvalue weighted by atomic mass is 32.2. The van der Waals surface area contributed by atoms with Crippen molar-refractivity contribution in [3.63, 3.8) is 0 Å². The van der Waals surface area contributed by atoms with Gasteiger partial charge < -0.3 is 5.32 Å². The fourth-order valence-corrected chi connectivity index (χ4v) is 4.03. The molecule has 0 saturated heterocycles. The predicted molar refractivity (Wildman–Crippen MR) is 93.6 cm³/mol. The highest BCUT2D eigenvalue weighted by molar-refractivity contribution is 7.91. The van der Waals surface area contributed by atoms with Crippen molar-refractivity contribution in [1.82, 2.24) is 15.5 Å². The van der Waals surface area contributed by atoms with Crippen LogP contribution >= 0.6 is 11.3 Å². The second-order valence-electron chi connectivity index (χ2n) is 5.26. The van der Waals surface area contributed by atoms with Crippen LogP contribution in [0.25, 0.3) is 10.8 Å². The molecular formula is C15H14N4O4S2. The molecule has 0 atom stereocenters. The first-order valence-corrected chi connectivity index (χ1v) is 9.55. The second kappa shape index (κ2) is 6.75. The quantitative estimate of drug-likeness (QED) is 0.594. The number of aromatic nitrogens is 2. The van der Waals surface area contributed by atoms with Gasteiger partial charge in [0.15, 0.2) is 0 Å². The van der Waals surface area contributed by atoms with Gasteiger partial charge in [-0.1, -0.05) is 18.2 Å². The molecule has 0 spiro atoms. The van der Waals surface area contributed by atoms with Gasteiger partial charge in [0.05, 0.1) is 24.0 Å². The molecule has 8 nitrogen and oxygen atoms in total. The second-order valence-corrected chi connectivity index (χ2v) is 8.22. The molecule has 0 aliphatic heterocycles. The first kappa shape index (κ1) is 17.3. The molecule has 10 heteroatoms. The number of H-pyrrole nitrogens is 1. The van der Waals surface area contributed by atoms with Gasteiger partial charge in [0.2, 0.25) is 15.9 Å². The predicted octanol–water partition coefficient (Wildman–Crippen LogP) is 0.491. The molecule has 3 aromatic rings. The Hall–Kier alpha value is -2.56. The van der Waals surface area contributed by atoms with Crippen molar-refractivity contribution in [3.05, 3.63) is 57.3 Å². The number of benzene rings is 1. The van der Waals surface area contributed by atoms with Crippen LogP contribution < -0.4 is 16.0 Å². The molecule has 3 rings (SSSR count). The fourth-order valence-electron chi connectivity index (χ4n) is 2.31. The first-order valence-electron chi connectivity index (χ1n) is 7.19. The van der Waals surface area contributed by atoms with Gasteiger partial charge in [-0.2, -0.15) is 5.10 Å². The molecule has 4 N–H and O–H groups in total. The van der Waals surface area contributed by atoms with E-state index in [1.807, 2.05) is 0 Å². The molecule has 0 saturated carbocycles. The number of fused-ring (bicyclic) bond motifs is 1. The van der Waals surface area contributed by atoms with E-state index in [4.69, 9.17) is 5.14 Å². The summed E-state index contributed by atoms with van der Waals surface area (Å²) in [4.78, 5) is 24.5. The maximum atomic E-state index is 12.1. The highest BCUT2D eigenvalue weighted by Gasteiger charge is 2.13. The number of carbonyl (C=O) groups is 1. The van der Waals surface area contributed by atoms with Gasteiger partial charge in [-0.05, 0) is 18.2 Å². The lowest BCUT2D eigenvalue weighted by atomic mass is 10.1. The van der Waals surface area contributed by atoms with Crippen LogP contribution in [0, 0.1) is 0 Å². The third kappa shape index (κ3) is 3.92. The van der Waals surface area contributed by atoms with Gasteiger partial charge in [-0.15, -0.1) is 11.3 Å². The Morgan fingerprint density at radius 3 is 2.60 bits per heavy atom. The minimum absolute atomic E-state index is 0.00921. The number of aromatic amines is 1. The maximum Gasteiger partial charge on any atom is 0.272 e. The van der Waals surface area contributed by atoms with E-state index in [2.05, 4.69) is 15.5 Å². The Morgan fingerprint density at radius 2 is 1.92 bits per heavy atom. The Balaban J connectivity index is 1.70. The summed E-state index contributed by atoms with van der Waals surface area (Å²) in [6.45, 7) is 0.181. The standard InChI is InChI=1S/C15H14N4O4S2/c16-25(22,23)14-6-5-9(24-14)8-17-13(20)7-12-10-3-1-2-4-11(10)15(21)19-18-12/h1-6H,7-8H2,(H,17,20)(H,19,21)(H2,16,22,23). The number of primary sulfonamides is 1. The van der Waals surface area contributed by atoms with Crippen molar-refractivity contribution in [2.45, 2.75) is 17.2 Å². The van der Waals surface area contributed by atoms with Crippen molar-refractivity contribution in [2.75, 3.05) is 0 Å². The van der Waals surface area contributed by atoms with E-state index < -0.39 is 10.0 Å². The summed E-state index contributed by atoms with van der Waals surface area (Å²) in [5.74, 6) is -0.296. The van der Waals surface area contributed by atoms with Crippen molar-refractivity contribution < 1.29 is 13.2 Å². The molecule has 0 aliphatic carbocycles. The Labute approximate surface area is 146 Å². The summed E-state index contributed by atoms with van der Waals surface area (Å²) in [5, 5.41) is 15.2. The lowest BCUT2D eigenvalue weighted by Crippen LogP contribution is -2.25. The van der Waals surface area contributed by atoms with E-state index in [1.165, 1.54) is 6.07 Å². The van der Waals surface area contributed by atoms with Crippen molar-refractivity contribution in [2.24, 2.45) is 5.14 Å². The summed E-state index contributed by atoms with van der Waals surface area (Å²) >= 11 is 1.00. The molecule has 1 aromatic carbocycles. The third-order valence-electron chi connectivity index (χ3n) is 3.48. The molecule has 2 heterocycles. The smallest absolute Gasteiger partial charge is 0.272 e. The average molecular weight is 378 g/mol. The fraction of sp³-hybridized carbons (Fsp3) is 0.133. The zero-order valence-electron chi connectivity index (χ0n) is 12.9. The molecule has 25 heavy (non-hydrogen) atoms. The van der Waals surface area contributed by atoms with Gasteiger partial charge in [-0.3, -0.25) is 9.59 Å². The van der Waals surface area contributed by atoms with Crippen LogP contribution in [0.15, 0.2) is 45.4 Å². The van der Waals surface area contributed by atoms with Crippen LogP contribution in [0.2, 0.25) is 0 Å². The molecule has 0 fully saturated rings. The largest absolute Gasteiger partial charge is 0.351 e. The van der Waals surface area contributed by atoms with Gasteiger partial charge in [-0.25, -0.2) is 18.7 Å². The number of carbonyl (C=O) groups excluding carboxylic acids is 1. The maximum absolute atomic E-state index is 12.1. The number of nitrogens with one attached hydrogen (secondary N) is 2. The van der Waals surface area contributed by atoms with Gasteiger partial charge in [0.25, 0.3) is 5.56 Å². The molecule has 0 unspecified atom stereocenters. The zero-order chi connectivity index (χ0) is 18.0. The zero-order valence-corrected chi connectivity index (χ0v) is 14.5. The number of thiophene rings is 1. The van der Waals surface area contributed by atoms with Gasteiger partial charge >= 0.3 is 0 Å². The van der Waals surface area contributed by atoms with Crippen LogP contribution in [0.3, 0.4) is 0 Å². The lowest BCUT2D eigenvalue weighted by Gasteiger charge is -2.06. The number of rotatable bonds is 5. The summed E-state index contributed by atoms with van der Waals surface area (Å²) in [6.07, 6.45) is -0.00921. The van der Waals surface area contributed by atoms with Gasteiger partial charge in [0.1, 0.15) is 4.21 Å². The third-order valence-corrected chi connectivity index (χ3v) is 6.00. The minimum atomic E-state index is -3.74. The van der Waals surface area contributed by atoms with E-state index in [0.29, 0.717) is 21.3 Å². The SMILES string of the molecule is NS(=O)(=O)c1ccc(CNC(=O)Cc2n[nH]c(=O)c3ccccc23)s1. The molecule has 0 radical (unpaired) electrons. The van der Waals surface area contributed by atoms with Crippen molar-refractivity contribution in [3.8, 4) is 0 Å². The van der Waals surface area contributed by atoms with Crippen molar-refractivity contribution >= 4 is 38.0 Å². The minimum Gasteiger partial charge on any atom is -0.351 e. The molecule has 1 amide bonds. The van der Waals surface area contributed by atoms with E-state index in [1.54, 1.807) is 30.3 Å². The monoisotopic (exact) mass is 378 g/mol. The summed E-state index contributed by atoms with van der Waals surface area (Å²) in [5.41, 5.74) is 0.151.